The molecule has 34 heavy (non-hydrogen) atoms. The number of fused-ring (bicyclic) bond motifs is 1. The Balaban J connectivity index is 0.00000274. The predicted octanol–water partition coefficient (Wildman–Crippen LogP) is 4.18. The van der Waals surface area contributed by atoms with Gasteiger partial charge in [0, 0.05) is 62.9 Å². The van der Waals surface area contributed by atoms with E-state index in [1.54, 1.807) is 6.20 Å². The summed E-state index contributed by atoms with van der Waals surface area (Å²) >= 11 is 0. The highest BCUT2D eigenvalue weighted by Crippen LogP contribution is 2.32. The molecule has 5 heterocycles. The number of nitrogens with one attached hydrogen (secondary N) is 2. The second-order valence-corrected chi connectivity index (χ2v) is 8.51. The molecule has 178 valence electrons. The van der Waals surface area contributed by atoms with E-state index in [9.17, 15) is 4.39 Å². The van der Waals surface area contributed by atoms with Crippen molar-refractivity contribution in [3.05, 3.63) is 60.4 Å². The Bertz CT molecular complexity index is 1250. The minimum absolute atomic E-state index is 0. The minimum Gasteiger partial charge on any atom is -0.343 e. The van der Waals surface area contributed by atoms with Gasteiger partial charge in [0.1, 0.15) is 11.5 Å². The van der Waals surface area contributed by atoms with Gasteiger partial charge in [0.05, 0.1) is 17.2 Å². The molecule has 1 aliphatic rings. The number of piperazine rings is 1. The van der Waals surface area contributed by atoms with Gasteiger partial charge in [-0.1, -0.05) is 6.07 Å². The van der Waals surface area contributed by atoms with E-state index in [4.69, 9.17) is 0 Å². The molecule has 0 aromatic carbocycles. The summed E-state index contributed by atoms with van der Waals surface area (Å²) in [6.45, 7) is 9.14. The molecule has 0 atom stereocenters. The van der Waals surface area contributed by atoms with E-state index >= 15 is 0 Å². The van der Waals surface area contributed by atoms with Crippen molar-refractivity contribution >= 4 is 35.2 Å². The average Bonchev–Trinajstić information content (AvgIpc) is 3.22. The molecule has 1 fully saturated rings. The third-order valence-electron chi connectivity index (χ3n) is 5.82. The number of halogens is 2. The van der Waals surface area contributed by atoms with Crippen molar-refractivity contribution in [1.29, 1.82) is 0 Å². The molecule has 1 saturated heterocycles. The van der Waals surface area contributed by atoms with Crippen molar-refractivity contribution < 1.29 is 4.39 Å². The zero-order valence-electron chi connectivity index (χ0n) is 19.2. The molecule has 0 aliphatic carbocycles. The van der Waals surface area contributed by atoms with Gasteiger partial charge in [0.25, 0.3) is 0 Å². The molecule has 0 amide bonds. The molecule has 4 aromatic heterocycles. The first kappa shape index (κ1) is 24.0. The fraction of sp³-hybridized carbons (Fsp3) is 0.333. The van der Waals surface area contributed by atoms with E-state index in [2.05, 4.69) is 53.9 Å². The third-order valence-corrected chi connectivity index (χ3v) is 5.82. The summed E-state index contributed by atoms with van der Waals surface area (Å²) < 4.78 is 16.9. The molecule has 2 N–H and O–H groups in total. The molecule has 0 radical (unpaired) electrons. The van der Waals surface area contributed by atoms with Crippen LogP contribution < -0.4 is 10.6 Å². The summed E-state index contributed by atoms with van der Waals surface area (Å²) in [6, 6.07) is 8.01. The van der Waals surface area contributed by atoms with Crippen LogP contribution in [0.1, 0.15) is 25.5 Å². The van der Waals surface area contributed by atoms with Crippen LogP contribution in [-0.4, -0.2) is 55.6 Å². The summed E-state index contributed by atoms with van der Waals surface area (Å²) in [5, 5.41) is 6.46. The number of hydrogen-bond acceptors (Lipinski definition) is 7. The van der Waals surface area contributed by atoms with Crippen LogP contribution in [0.25, 0.3) is 22.3 Å². The molecule has 0 bridgehead atoms. The molecule has 1 aliphatic heterocycles. The van der Waals surface area contributed by atoms with Gasteiger partial charge in [0.15, 0.2) is 5.82 Å². The van der Waals surface area contributed by atoms with E-state index in [0.29, 0.717) is 16.9 Å². The second-order valence-electron chi connectivity index (χ2n) is 8.51. The van der Waals surface area contributed by atoms with Gasteiger partial charge in [-0.2, -0.15) is 0 Å². The van der Waals surface area contributed by atoms with E-state index in [0.717, 1.165) is 43.8 Å². The first-order valence-electron chi connectivity index (χ1n) is 11.2. The Morgan fingerprint density at radius 2 is 1.91 bits per heavy atom. The number of anilines is 2. The fourth-order valence-corrected chi connectivity index (χ4v) is 4.13. The summed E-state index contributed by atoms with van der Waals surface area (Å²) in [5.41, 5.74) is 3.66. The number of nitrogens with zero attached hydrogens (tertiary/aromatic N) is 6. The van der Waals surface area contributed by atoms with Gasteiger partial charge in [-0.3, -0.25) is 9.88 Å². The van der Waals surface area contributed by atoms with Crippen molar-refractivity contribution in [1.82, 2.24) is 34.7 Å². The van der Waals surface area contributed by atoms with Crippen LogP contribution >= 0.6 is 12.4 Å². The van der Waals surface area contributed by atoms with Crippen LogP contribution in [0, 0.1) is 5.82 Å². The molecule has 0 spiro atoms. The molecule has 8 nitrogen and oxygen atoms in total. The third kappa shape index (κ3) is 5.01. The molecular formula is C24H28ClFN8. The van der Waals surface area contributed by atoms with E-state index in [-0.39, 0.29) is 30.1 Å². The Morgan fingerprint density at radius 3 is 2.65 bits per heavy atom. The Labute approximate surface area is 204 Å². The maximum atomic E-state index is 14.8. The number of rotatable bonds is 6. The Hall–Kier alpha value is -3.14. The highest BCUT2D eigenvalue weighted by atomic mass is 35.5. The summed E-state index contributed by atoms with van der Waals surface area (Å²) in [5.74, 6) is 0.405. The normalized spacial score (nSPS) is 14.4. The zero-order chi connectivity index (χ0) is 22.8. The highest BCUT2D eigenvalue weighted by Gasteiger charge is 2.18. The average molecular weight is 483 g/mol. The Morgan fingerprint density at radius 1 is 1.09 bits per heavy atom. The maximum absolute atomic E-state index is 14.8. The second kappa shape index (κ2) is 10.4. The van der Waals surface area contributed by atoms with Crippen LogP contribution in [0.2, 0.25) is 0 Å². The van der Waals surface area contributed by atoms with Crippen LogP contribution in [0.15, 0.2) is 49.1 Å². The van der Waals surface area contributed by atoms with Gasteiger partial charge < -0.3 is 15.2 Å². The van der Waals surface area contributed by atoms with Crippen LogP contribution in [0.4, 0.5) is 16.2 Å². The summed E-state index contributed by atoms with van der Waals surface area (Å²) in [7, 11) is 0. The van der Waals surface area contributed by atoms with E-state index in [1.165, 1.54) is 6.20 Å². The Kier molecular flexibility index (Phi) is 7.35. The minimum atomic E-state index is -0.492. The first-order valence-corrected chi connectivity index (χ1v) is 11.2. The molecule has 4 aromatic rings. The molecule has 10 heteroatoms. The lowest BCUT2D eigenvalue weighted by Crippen LogP contribution is -2.42. The molecular weight excluding hydrogens is 455 g/mol. The van der Waals surface area contributed by atoms with Gasteiger partial charge in [-0.25, -0.2) is 19.3 Å². The summed E-state index contributed by atoms with van der Waals surface area (Å²) in [6.07, 6.45) is 6.65. The van der Waals surface area contributed by atoms with Crippen molar-refractivity contribution in [2.75, 3.05) is 31.5 Å². The number of aromatic nitrogens is 5. The zero-order valence-corrected chi connectivity index (χ0v) is 20.0. The van der Waals surface area contributed by atoms with Gasteiger partial charge in [-0.05, 0) is 37.6 Å². The van der Waals surface area contributed by atoms with Crippen molar-refractivity contribution in [3.8, 4) is 11.3 Å². The monoisotopic (exact) mass is 482 g/mol. The predicted molar refractivity (Wildman–Crippen MR) is 134 cm³/mol. The maximum Gasteiger partial charge on any atom is 0.229 e. The first-order chi connectivity index (χ1) is 16.1. The fourth-order valence-electron chi connectivity index (χ4n) is 4.13. The van der Waals surface area contributed by atoms with Crippen LogP contribution in [-0.2, 0) is 6.54 Å². The SMILES string of the molecule is CC(C)n1cc(-c2nc(Nc3ccc(CN4CCNCC4)cn3)ncc2F)c2ncccc21.Cl. The largest absolute Gasteiger partial charge is 0.343 e. The van der Waals surface area contributed by atoms with Crippen LogP contribution in [0.3, 0.4) is 0 Å². The van der Waals surface area contributed by atoms with Gasteiger partial charge in [0.2, 0.25) is 5.95 Å². The standard InChI is InChI=1S/C24H27FN8.ClH/c1-16(2)33-15-18(23-20(33)4-3-7-27-23)22-19(25)13-29-24(31-22)30-21-6-5-17(12-28-21)14-32-10-8-26-9-11-32;/h3-7,12-13,15-16,26H,8-11,14H2,1-2H3,(H,28,29,30,31);1H. The van der Waals surface area contributed by atoms with Crippen LogP contribution in [0.5, 0.6) is 0 Å². The van der Waals surface area contributed by atoms with E-state index < -0.39 is 5.82 Å². The highest BCUT2D eigenvalue weighted by molar-refractivity contribution is 5.92. The lowest BCUT2D eigenvalue weighted by atomic mass is 10.2. The lowest BCUT2D eigenvalue weighted by molar-refractivity contribution is 0.233. The molecule has 0 unspecified atom stereocenters. The van der Waals surface area contributed by atoms with Crippen molar-refractivity contribution in [2.24, 2.45) is 0 Å². The smallest absolute Gasteiger partial charge is 0.229 e. The van der Waals surface area contributed by atoms with Crippen molar-refractivity contribution in [2.45, 2.75) is 26.4 Å². The molecule has 5 rings (SSSR count). The van der Waals surface area contributed by atoms with Crippen molar-refractivity contribution in [3.63, 3.8) is 0 Å². The quantitative estimate of drug-likeness (QED) is 0.426. The number of pyridine rings is 2. The molecule has 0 saturated carbocycles. The van der Waals surface area contributed by atoms with Gasteiger partial charge in [-0.15, -0.1) is 12.4 Å². The van der Waals surface area contributed by atoms with E-state index in [1.807, 2.05) is 36.7 Å². The van der Waals surface area contributed by atoms with Gasteiger partial charge >= 0.3 is 0 Å². The lowest BCUT2D eigenvalue weighted by Gasteiger charge is -2.27. The number of hydrogen-bond donors (Lipinski definition) is 2. The topological polar surface area (TPSA) is 83.8 Å². The summed E-state index contributed by atoms with van der Waals surface area (Å²) in [4.78, 5) is 20.0.